The SMILES string of the molecule is O=C(CCCOc1ccc2[nH]c(=O)ccc2c1)N(CCO)CCO. The Hall–Kier alpha value is -2.38. The summed E-state index contributed by atoms with van der Waals surface area (Å²) in [6.07, 6.45) is 0.830. The molecule has 1 aromatic heterocycles. The van der Waals surface area contributed by atoms with Crippen molar-refractivity contribution in [2.75, 3.05) is 32.9 Å². The minimum absolute atomic E-state index is 0.113. The molecule has 0 saturated heterocycles. The van der Waals surface area contributed by atoms with Crippen LogP contribution in [0.5, 0.6) is 5.75 Å². The first-order chi connectivity index (χ1) is 11.6. The monoisotopic (exact) mass is 334 g/mol. The number of fused-ring (bicyclic) bond motifs is 1. The highest BCUT2D eigenvalue weighted by atomic mass is 16.5. The fourth-order valence-electron chi connectivity index (χ4n) is 2.40. The predicted molar refractivity (Wildman–Crippen MR) is 90.0 cm³/mol. The number of aromatic amines is 1. The van der Waals surface area contributed by atoms with E-state index in [1.165, 1.54) is 11.0 Å². The third kappa shape index (κ3) is 5.07. The number of amides is 1. The maximum absolute atomic E-state index is 12.0. The molecule has 0 aliphatic rings. The summed E-state index contributed by atoms with van der Waals surface area (Å²) in [5, 5.41) is 18.7. The number of aliphatic hydroxyl groups is 2. The highest BCUT2D eigenvalue weighted by Gasteiger charge is 2.11. The quantitative estimate of drug-likeness (QED) is 0.580. The number of pyridine rings is 1. The Morgan fingerprint density at radius 1 is 1.12 bits per heavy atom. The highest BCUT2D eigenvalue weighted by molar-refractivity contribution is 5.79. The topological polar surface area (TPSA) is 103 Å². The summed E-state index contributed by atoms with van der Waals surface area (Å²) in [5.74, 6) is 0.558. The van der Waals surface area contributed by atoms with E-state index in [1.807, 2.05) is 6.07 Å². The van der Waals surface area contributed by atoms with Crippen LogP contribution < -0.4 is 10.3 Å². The third-order valence-corrected chi connectivity index (χ3v) is 3.59. The van der Waals surface area contributed by atoms with Crippen LogP contribution in [0.1, 0.15) is 12.8 Å². The third-order valence-electron chi connectivity index (χ3n) is 3.59. The van der Waals surface area contributed by atoms with E-state index in [-0.39, 0.29) is 37.8 Å². The van der Waals surface area contributed by atoms with Crippen molar-refractivity contribution >= 4 is 16.8 Å². The van der Waals surface area contributed by atoms with Crippen LogP contribution in [0.25, 0.3) is 10.9 Å². The van der Waals surface area contributed by atoms with Crippen LogP contribution in [-0.2, 0) is 4.79 Å². The Balaban J connectivity index is 1.82. The number of rotatable bonds is 9. The molecule has 0 fully saturated rings. The molecule has 0 unspecified atom stereocenters. The molecule has 7 nitrogen and oxygen atoms in total. The maximum atomic E-state index is 12.0. The van der Waals surface area contributed by atoms with Gasteiger partial charge in [-0.3, -0.25) is 9.59 Å². The molecule has 0 bridgehead atoms. The molecule has 130 valence electrons. The molecule has 2 aromatic rings. The predicted octanol–water partition coefficient (Wildman–Crippen LogP) is 0.500. The van der Waals surface area contributed by atoms with Gasteiger partial charge in [0.05, 0.1) is 19.8 Å². The second-order valence-corrected chi connectivity index (χ2v) is 5.35. The van der Waals surface area contributed by atoms with Gasteiger partial charge in [0.1, 0.15) is 5.75 Å². The standard InChI is InChI=1S/C17H22N2O5/c20-9-7-19(8-10-21)17(23)2-1-11-24-14-4-5-15-13(12-14)3-6-16(22)18-15/h3-6,12,20-21H,1-2,7-11H2,(H,18,22). The first kappa shape index (κ1) is 18.0. The van der Waals surface area contributed by atoms with E-state index in [9.17, 15) is 9.59 Å². The van der Waals surface area contributed by atoms with Gasteiger partial charge in [-0.2, -0.15) is 0 Å². The minimum Gasteiger partial charge on any atom is -0.494 e. The molecular formula is C17H22N2O5. The van der Waals surface area contributed by atoms with Crippen LogP contribution in [0.2, 0.25) is 0 Å². The normalized spacial score (nSPS) is 10.8. The molecule has 24 heavy (non-hydrogen) atoms. The molecule has 7 heteroatoms. The van der Waals surface area contributed by atoms with Gasteiger partial charge in [0, 0.05) is 36.5 Å². The summed E-state index contributed by atoms with van der Waals surface area (Å²) in [6.45, 7) is 0.585. The van der Waals surface area contributed by atoms with Crippen LogP contribution >= 0.6 is 0 Å². The summed E-state index contributed by atoms with van der Waals surface area (Å²) in [6, 6.07) is 8.57. The van der Waals surface area contributed by atoms with Crippen molar-refractivity contribution in [2.24, 2.45) is 0 Å². The lowest BCUT2D eigenvalue weighted by atomic mass is 10.2. The summed E-state index contributed by atoms with van der Waals surface area (Å²) in [4.78, 5) is 27.4. The minimum atomic E-state index is -0.148. The Kier molecular flexibility index (Phi) is 6.77. The van der Waals surface area contributed by atoms with Gasteiger partial charge in [-0.1, -0.05) is 0 Å². The van der Waals surface area contributed by atoms with Crippen molar-refractivity contribution in [1.29, 1.82) is 0 Å². The second-order valence-electron chi connectivity index (χ2n) is 5.35. The van der Waals surface area contributed by atoms with Crippen molar-refractivity contribution in [3.8, 4) is 5.75 Å². The first-order valence-electron chi connectivity index (χ1n) is 7.89. The molecule has 3 N–H and O–H groups in total. The lowest BCUT2D eigenvalue weighted by Gasteiger charge is -2.20. The fourth-order valence-corrected chi connectivity index (χ4v) is 2.40. The number of carbonyl (C=O) groups excluding carboxylic acids is 1. The molecule has 0 radical (unpaired) electrons. The number of benzene rings is 1. The maximum Gasteiger partial charge on any atom is 0.248 e. The number of nitrogens with zero attached hydrogens (tertiary/aromatic N) is 1. The summed E-state index contributed by atoms with van der Waals surface area (Å²) < 4.78 is 5.63. The molecule has 0 saturated carbocycles. The number of ether oxygens (including phenoxy) is 1. The zero-order chi connectivity index (χ0) is 17.4. The van der Waals surface area contributed by atoms with Crippen molar-refractivity contribution in [2.45, 2.75) is 12.8 Å². The van der Waals surface area contributed by atoms with E-state index in [4.69, 9.17) is 14.9 Å². The van der Waals surface area contributed by atoms with E-state index in [2.05, 4.69) is 4.98 Å². The number of hydrogen-bond donors (Lipinski definition) is 3. The van der Waals surface area contributed by atoms with E-state index in [0.29, 0.717) is 25.2 Å². The van der Waals surface area contributed by atoms with Crippen molar-refractivity contribution in [3.05, 3.63) is 40.7 Å². The number of nitrogens with one attached hydrogen (secondary N) is 1. The van der Waals surface area contributed by atoms with E-state index < -0.39 is 0 Å². The molecule has 1 heterocycles. The number of aliphatic hydroxyl groups excluding tert-OH is 2. The Bertz CT molecular complexity index is 722. The number of hydrogen-bond acceptors (Lipinski definition) is 5. The average molecular weight is 334 g/mol. The van der Waals surface area contributed by atoms with Crippen LogP contribution in [0, 0.1) is 0 Å². The first-order valence-corrected chi connectivity index (χ1v) is 7.89. The molecule has 0 spiro atoms. The van der Waals surface area contributed by atoms with Crippen LogP contribution in [0.3, 0.4) is 0 Å². The molecular weight excluding hydrogens is 312 g/mol. The van der Waals surface area contributed by atoms with E-state index >= 15 is 0 Å². The number of aromatic nitrogens is 1. The lowest BCUT2D eigenvalue weighted by molar-refractivity contribution is -0.132. The number of carbonyl (C=O) groups is 1. The Labute approximate surface area is 139 Å². The van der Waals surface area contributed by atoms with Gasteiger partial charge >= 0.3 is 0 Å². The van der Waals surface area contributed by atoms with Gasteiger partial charge in [0.2, 0.25) is 11.5 Å². The zero-order valence-electron chi connectivity index (χ0n) is 13.4. The molecule has 2 rings (SSSR count). The molecule has 0 aliphatic heterocycles. The van der Waals surface area contributed by atoms with Gasteiger partial charge in [0.25, 0.3) is 0 Å². The Morgan fingerprint density at radius 3 is 2.58 bits per heavy atom. The van der Waals surface area contributed by atoms with Gasteiger partial charge in [-0.05, 0) is 30.7 Å². The van der Waals surface area contributed by atoms with E-state index in [1.54, 1.807) is 18.2 Å². The highest BCUT2D eigenvalue weighted by Crippen LogP contribution is 2.18. The second kappa shape index (κ2) is 9.05. The van der Waals surface area contributed by atoms with Gasteiger partial charge in [-0.25, -0.2) is 0 Å². The largest absolute Gasteiger partial charge is 0.494 e. The van der Waals surface area contributed by atoms with E-state index in [0.717, 1.165) is 10.9 Å². The van der Waals surface area contributed by atoms with Crippen molar-refractivity contribution in [3.63, 3.8) is 0 Å². The summed E-state index contributed by atoms with van der Waals surface area (Å²) >= 11 is 0. The van der Waals surface area contributed by atoms with Gasteiger partial charge in [-0.15, -0.1) is 0 Å². The Morgan fingerprint density at radius 2 is 1.88 bits per heavy atom. The average Bonchev–Trinajstić information content (AvgIpc) is 2.58. The lowest BCUT2D eigenvalue weighted by Crippen LogP contribution is -2.35. The van der Waals surface area contributed by atoms with Crippen molar-refractivity contribution in [1.82, 2.24) is 9.88 Å². The van der Waals surface area contributed by atoms with Gasteiger partial charge in [0.15, 0.2) is 0 Å². The fraction of sp³-hybridized carbons (Fsp3) is 0.412. The smallest absolute Gasteiger partial charge is 0.248 e. The van der Waals surface area contributed by atoms with Crippen LogP contribution in [-0.4, -0.2) is 58.9 Å². The zero-order valence-corrected chi connectivity index (χ0v) is 13.4. The molecule has 0 aliphatic carbocycles. The van der Waals surface area contributed by atoms with Crippen LogP contribution in [0.4, 0.5) is 0 Å². The molecule has 0 atom stereocenters. The number of H-pyrrole nitrogens is 1. The van der Waals surface area contributed by atoms with Gasteiger partial charge < -0.3 is 24.8 Å². The summed E-state index contributed by atoms with van der Waals surface area (Å²) in [5.41, 5.74) is 0.596. The summed E-state index contributed by atoms with van der Waals surface area (Å²) in [7, 11) is 0. The molecule has 1 amide bonds. The van der Waals surface area contributed by atoms with Crippen LogP contribution in [0.15, 0.2) is 35.1 Å². The molecule has 1 aromatic carbocycles. The van der Waals surface area contributed by atoms with Crippen molar-refractivity contribution < 1.29 is 19.7 Å².